The molecule has 10 rings (SSSR count). The van der Waals surface area contributed by atoms with E-state index in [0.717, 1.165) is 23.3 Å². The van der Waals surface area contributed by atoms with Crippen LogP contribution in [0.25, 0.3) is 33.5 Å². The molecule has 0 aliphatic heterocycles. The van der Waals surface area contributed by atoms with Crippen LogP contribution in [0, 0.1) is 24.7 Å². The highest BCUT2D eigenvalue weighted by Gasteiger charge is 2.42. The molecule has 0 radical (unpaired) electrons. The first-order chi connectivity index (χ1) is 28.4. The number of nitrogens with zero attached hydrogens (tertiary/aromatic N) is 12. The van der Waals surface area contributed by atoms with Gasteiger partial charge in [0.2, 0.25) is 5.95 Å². The number of anilines is 3. The molecule has 3 unspecified atom stereocenters. The van der Waals surface area contributed by atoms with Gasteiger partial charge in [0.05, 0.1) is 55.0 Å². The van der Waals surface area contributed by atoms with Gasteiger partial charge in [-0.2, -0.15) is 4.98 Å². The zero-order valence-corrected chi connectivity index (χ0v) is 32.5. The molecule has 3 fully saturated rings. The molecule has 22 heteroatoms. The minimum atomic E-state index is -0.967. The fraction of sp³-hybridized carbons (Fsp3) is 0.541. The number of aliphatic hydroxyl groups excluding tert-OH is 6. The Labute approximate surface area is 337 Å². The van der Waals surface area contributed by atoms with E-state index in [1.165, 1.54) is 31.8 Å². The summed E-state index contributed by atoms with van der Waals surface area (Å²) in [7, 11) is 0. The number of fused-ring (bicyclic) bond motifs is 3. The summed E-state index contributed by atoms with van der Waals surface area (Å²) < 4.78 is 5.50. The first kappa shape index (κ1) is 41.7. The minimum Gasteiger partial charge on any atom is -0.396 e. The molecule has 6 heterocycles. The van der Waals surface area contributed by atoms with Crippen LogP contribution in [0.15, 0.2) is 43.8 Å². The third-order valence-corrected chi connectivity index (χ3v) is 11.3. The van der Waals surface area contributed by atoms with Gasteiger partial charge in [0.15, 0.2) is 28.6 Å². The van der Waals surface area contributed by atoms with E-state index in [-0.39, 0.29) is 67.5 Å². The Balaban J connectivity index is 0.000000128. The number of hydrogen-bond donors (Lipinski definition) is 10. The van der Waals surface area contributed by atoms with Gasteiger partial charge in [0, 0.05) is 37.7 Å². The highest BCUT2D eigenvalue weighted by atomic mass is 16.3. The van der Waals surface area contributed by atoms with Crippen molar-refractivity contribution in [1.29, 1.82) is 0 Å². The molecular formula is C37H52N16O6. The number of hydrogen-bond acceptors (Lipinski definition) is 19. The van der Waals surface area contributed by atoms with Gasteiger partial charge in [-0.1, -0.05) is 12.2 Å². The largest absolute Gasteiger partial charge is 0.396 e. The summed E-state index contributed by atoms with van der Waals surface area (Å²) in [6.45, 7) is 1.98. The maximum atomic E-state index is 10.1. The summed E-state index contributed by atoms with van der Waals surface area (Å²) in [5.74, 6) is 0.869. The summed E-state index contributed by atoms with van der Waals surface area (Å²) in [6, 6.07) is 0.272. The zero-order chi connectivity index (χ0) is 42.0. The van der Waals surface area contributed by atoms with Crippen LogP contribution < -0.4 is 22.9 Å². The average Bonchev–Trinajstić information content (AvgIpc) is 3.87. The van der Waals surface area contributed by atoms with Gasteiger partial charge in [-0.3, -0.25) is 0 Å². The number of nitrogen functional groups attached to an aromatic ring is 3. The predicted molar refractivity (Wildman–Crippen MR) is 216 cm³/mol. The Morgan fingerprint density at radius 1 is 0.627 bits per heavy atom. The number of imidazole rings is 3. The van der Waals surface area contributed by atoms with Crippen molar-refractivity contribution < 1.29 is 30.6 Å². The lowest BCUT2D eigenvalue weighted by molar-refractivity contribution is -0.00370. The molecule has 316 valence electrons. The number of rotatable bonds is 6. The molecule has 0 saturated heterocycles. The molecule has 9 atom stereocenters. The van der Waals surface area contributed by atoms with Crippen LogP contribution >= 0.6 is 0 Å². The molecule has 0 amide bonds. The van der Waals surface area contributed by atoms with Crippen LogP contribution in [0.2, 0.25) is 0 Å². The standard InChI is InChI=1S/C12H15N5O.C11H15N5O3.C11H15N5O2.C3H7N/c1-7-10-11(16-12(13)15-7)17(6-14-10)9-3-2-8(4-9)5-18;12-10-7-11(14-3-13-10)16(4-15-7)6-1-5(2-17)8(18)9(6)19;12-10-9-11(14-4-13-10)16(5-15-9)7-1-6(3-17)2-8(7)18;4-3-1-2-3/h2-3,6,8-9,18H,4-5H2,1H3,(H2,13,15,16);3-6,8-9,17-19H,1-2H2,(H2,12,13,14);4-8,17-18H,1-3H2,(H2,12,13,14);3H,1-2,4H2/t;5-,6-,8?,9-;6-,7+,8-;/m.10./s1. The van der Waals surface area contributed by atoms with Gasteiger partial charge < -0.3 is 67.3 Å². The van der Waals surface area contributed by atoms with Gasteiger partial charge in [-0.25, -0.2) is 39.9 Å². The van der Waals surface area contributed by atoms with Crippen LogP contribution in [-0.2, 0) is 0 Å². The summed E-state index contributed by atoms with van der Waals surface area (Å²) in [6.07, 6.45) is 14.5. The number of aromatic nitrogens is 12. The Bertz CT molecular complexity index is 2380. The fourth-order valence-corrected chi connectivity index (χ4v) is 7.84. The Kier molecular flexibility index (Phi) is 12.6. The maximum Gasteiger partial charge on any atom is 0.222 e. The van der Waals surface area contributed by atoms with Crippen molar-refractivity contribution in [2.75, 3.05) is 37.0 Å². The summed E-state index contributed by atoms with van der Waals surface area (Å²) in [5, 5.41) is 57.5. The summed E-state index contributed by atoms with van der Waals surface area (Å²) in [5.41, 5.74) is 26.8. The van der Waals surface area contributed by atoms with Crippen molar-refractivity contribution in [3.63, 3.8) is 0 Å². The highest BCUT2D eigenvalue weighted by molar-refractivity contribution is 5.82. The number of nitrogens with two attached hydrogens (primary N) is 4. The molecule has 22 nitrogen and oxygen atoms in total. The molecular weight excluding hydrogens is 765 g/mol. The lowest BCUT2D eigenvalue weighted by atomic mass is 10.1. The van der Waals surface area contributed by atoms with E-state index in [2.05, 4.69) is 50.9 Å². The van der Waals surface area contributed by atoms with E-state index >= 15 is 0 Å². The fourth-order valence-electron chi connectivity index (χ4n) is 7.84. The van der Waals surface area contributed by atoms with E-state index < -0.39 is 18.3 Å². The SMILES string of the molecule is Cc1nc(N)nc2c1ncn2C1C=CC(CO)C1.NC1CC1.Nc1ncnc2c1ncn2[C@@H]1C[C@H](CO)C(O)[C@@H]1O.Nc1ncnc2c1ncn2[C@@H]1C[C@H](CO)C[C@@H]1O. The number of allylic oxidation sites excluding steroid dienone is 1. The smallest absolute Gasteiger partial charge is 0.222 e. The van der Waals surface area contributed by atoms with Crippen molar-refractivity contribution in [2.24, 2.45) is 23.5 Å². The molecule has 59 heavy (non-hydrogen) atoms. The normalized spacial score (nSPS) is 27.4. The Morgan fingerprint density at radius 2 is 1.22 bits per heavy atom. The molecule has 4 aliphatic carbocycles. The zero-order valence-electron chi connectivity index (χ0n) is 32.5. The molecule has 6 aromatic heterocycles. The van der Waals surface area contributed by atoms with E-state index in [4.69, 9.17) is 28.0 Å². The van der Waals surface area contributed by atoms with E-state index in [1.807, 2.05) is 22.1 Å². The summed E-state index contributed by atoms with van der Waals surface area (Å²) >= 11 is 0. The van der Waals surface area contributed by atoms with Gasteiger partial charge in [-0.05, 0) is 51.4 Å². The molecule has 0 bridgehead atoms. The average molecular weight is 817 g/mol. The van der Waals surface area contributed by atoms with E-state index in [9.17, 15) is 25.5 Å². The molecule has 0 aromatic carbocycles. The first-order valence-electron chi connectivity index (χ1n) is 19.6. The van der Waals surface area contributed by atoms with E-state index in [0.29, 0.717) is 53.4 Å². The van der Waals surface area contributed by atoms with Crippen molar-refractivity contribution in [2.45, 2.75) is 87.9 Å². The number of aliphatic hydroxyl groups is 6. The second-order valence-corrected chi connectivity index (χ2v) is 15.5. The predicted octanol–water partition coefficient (Wildman–Crippen LogP) is -0.670. The monoisotopic (exact) mass is 816 g/mol. The quantitative estimate of drug-likeness (QED) is 0.0932. The maximum absolute atomic E-state index is 10.1. The molecule has 4 aliphatic rings. The Hall–Kier alpha value is -5.49. The number of aryl methyl sites for hydroxylation is 1. The van der Waals surface area contributed by atoms with E-state index in [1.54, 1.807) is 17.2 Å². The molecule has 3 saturated carbocycles. The second-order valence-electron chi connectivity index (χ2n) is 15.5. The first-order valence-corrected chi connectivity index (χ1v) is 19.6. The minimum absolute atomic E-state index is 0.0946. The highest BCUT2D eigenvalue weighted by Crippen LogP contribution is 2.38. The Morgan fingerprint density at radius 3 is 1.75 bits per heavy atom. The van der Waals surface area contributed by atoms with Crippen LogP contribution in [-0.4, -0.2) is 133 Å². The van der Waals surface area contributed by atoms with Crippen molar-refractivity contribution in [3.8, 4) is 0 Å². The van der Waals surface area contributed by atoms with Crippen LogP contribution in [0.1, 0.15) is 62.3 Å². The van der Waals surface area contributed by atoms with Crippen LogP contribution in [0.4, 0.5) is 17.6 Å². The molecule has 0 spiro atoms. The topological polar surface area (TPSA) is 356 Å². The third-order valence-electron chi connectivity index (χ3n) is 11.3. The van der Waals surface area contributed by atoms with Crippen molar-refractivity contribution in [3.05, 3.63) is 49.5 Å². The molecule has 6 aromatic rings. The van der Waals surface area contributed by atoms with Crippen LogP contribution in [0.5, 0.6) is 0 Å². The van der Waals surface area contributed by atoms with Gasteiger partial charge in [0.1, 0.15) is 35.3 Å². The van der Waals surface area contributed by atoms with Crippen molar-refractivity contribution in [1.82, 2.24) is 58.6 Å². The summed E-state index contributed by atoms with van der Waals surface area (Å²) in [4.78, 5) is 37.0. The molecule has 14 N–H and O–H groups in total. The van der Waals surface area contributed by atoms with Crippen molar-refractivity contribution >= 4 is 51.1 Å². The van der Waals surface area contributed by atoms with Crippen LogP contribution in [0.3, 0.4) is 0 Å². The lowest BCUT2D eigenvalue weighted by Gasteiger charge is -2.18. The van der Waals surface area contributed by atoms with Gasteiger partial charge in [-0.15, -0.1) is 0 Å². The van der Waals surface area contributed by atoms with Gasteiger partial charge >= 0.3 is 0 Å². The third kappa shape index (κ3) is 8.78. The van der Waals surface area contributed by atoms with Gasteiger partial charge in [0.25, 0.3) is 0 Å². The lowest BCUT2D eigenvalue weighted by Crippen LogP contribution is -2.30. The second kappa shape index (κ2) is 17.8.